The lowest BCUT2D eigenvalue weighted by atomic mass is 10.2. The SMILES string of the molecule is O=C(CN1CCCC1)N1CCN(C(=O)c2sc3ccccc3c2Cl)CC1. The summed E-state index contributed by atoms with van der Waals surface area (Å²) in [4.78, 5) is 31.8. The highest BCUT2D eigenvalue weighted by molar-refractivity contribution is 7.21. The Bertz CT molecular complexity index is 823. The lowest BCUT2D eigenvalue weighted by molar-refractivity contribution is -0.133. The minimum atomic E-state index is -0.0251. The predicted octanol–water partition coefficient (Wildman–Crippen LogP) is 2.93. The predicted molar refractivity (Wildman–Crippen MR) is 105 cm³/mol. The molecule has 0 aliphatic carbocycles. The molecule has 26 heavy (non-hydrogen) atoms. The molecule has 2 fully saturated rings. The van der Waals surface area contributed by atoms with Crippen LogP contribution in [0.25, 0.3) is 10.1 Å². The highest BCUT2D eigenvalue weighted by Crippen LogP contribution is 2.36. The van der Waals surface area contributed by atoms with Crippen LogP contribution in [0.2, 0.25) is 5.02 Å². The number of hydrogen-bond acceptors (Lipinski definition) is 4. The fourth-order valence-corrected chi connectivity index (χ4v) is 5.17. The third-order valence-electron chi connectivity index (χ3n) is 5.21. The third kappa shape index (κ3) is 3.46. The van der Waals surface area contributed by atoms with Gasteiger partial charge in [-0.2, -0.15) is 0 Å². The molecule has 0 atom stereocenters. The molecule has 2 aliphatic rings. The van der Waals surface area contributed by atoms with Crippen molar-refractivity contribution in [3.63, 3.8) is 0 Å². The van der Waals surface area contributed by atoms with Crippen LogP contribution >= 0.6 is 22.9 Å². The maximum Gasteiger partial charge on any atom is 0.265 e. The number of amides is 2. The van der Waals surface area contributed by atoms with Crippen molar-refractivity contribution >= 4 is 44.8 Å². The van der Waals surface area contributed by atoms with Crippen LogP contribution in [0.1, 0.15) is 22.5 Å². The summed E-state index contributed by atoms with van der Waals surface area (Å²) in [6.45, 7) is 4.88. The second-order valence-corrected chi connectivity index (χ2v) is 8.33. The maximum atomic E-state index is 12.9. The van der Waals surface area contributed by atoms with Crippen molar-refractivity contribution in [3.8, 4) is 0 Å². The van der Waals surface area contributed by atoms with E-state index in [1.54, 1.807) is 0 Å². The van der Waals surface area contributed by atoms with Gasteiger partial charge in [-0.05, 0) is 32.0 Å². The summed E-state index contributed by atoms with van der Waals surface area (Å²) < 4.78 is 1.03. The summed E-state index contributed by atoms with van der Waals surface area (Å²) in [6.07, 6.45) is 2.37. The van der Waals surface area contributed by atoms with E-state index in [4.69, 9.17) is 11.6 Å². The fraction of sp³-hybridized carbons (Fsp3) is 0.474. The Balaban J connectivity index is 1.38. The fourth-order valence-electron chi connectivity index (χ4n) is 3.69. The summed E-state index contributed by atoms with van der Waals surface area (Å²) in [7, 11) is 0. The monoisotopic (exact) mass is 391 g/mol. The summed E-state index contributed by atoms with van der Waals surface area (Å²) in [5.74, 6) is 0.154. The number of fused-ring (bicyclic) bond motifs is 1. The van der Waals surface area contributed by atoms with Crippen molar-refractivity contribution in [2.24, 2.45) is 0 Å². The van der Waals surface area contributed by atoms with Gasteiger partial charge in [-0.3, -0.25) is 14.5 Å². The summed E-state index contributed by atoms with van der Waals surface area (Å²) in [6, 6.07) is 7.81. The van der Waals surface area contributed by atoms with Gasteiger partial charge in [0.25, 0.3) is 5.91 Å². The lowest BCUT2D eigenvalue weighted by Crippen LogP contribution is -2.52. The Morgan fingerprint density at radius 2 is 1.62 bits per heavy atom. The molecule has 0 bridgehead atoms. The lowest BCUT2D eigenvalue weighted by Gasteiger charge is -2.35. The summed E-state index contributed by atoms with van der Waals surface area (Å²) in [5.41, 5.74) is 0. The minimum absolute atomic E-state index is 0.0251. The van der Waals surface area contributed by atoms with Crippen LogP contribution in [-0.4, -0.2) is 72.3 Å². The maximum absolute atomic E-state index is 12.9. The van der Waals surface area contributed by atoms with Crippen molar-refractivity contribution in [2.45, 2.75) is 12.8 Å². The molecule has 1 aromatic carbocycles. The number of halogens is 1. The van der Waals surface area contributed by atoms with E-state index in [9.17, 15) is 9.59 Å². The van der Waals surface area contributed by atoms with Gasteiger partial charge in [0.05, 0.1) is 11.6 Å². The topological polar surface area (TPSA) is 43.9 Å². The van der Waals surface area contributed by atoms with Gasteiger partial charge in [0, 0.05) is 36.3 Å². The van der Waals surface area contributed by atoms with Gasteiger partial charge in [0.15, 0.2) is 0 Å². The molecular weight excluding hydrogens is 370 g/mol. The second-order valence-electron chi connectivity index (χ2n) is 6.90. The Labute approximate surface area is 162 Å². The number of carbonyl (C=O) groups is 2. The summed E-state index contributed by atoms with van der Waals surface area (Å²) in [5, 5.41) is 1.48. The molecule has 0 saturated carbocycles. The number of piperazine rings is 1. The highest BCUT2D eigenvalue weighted by Gasteiger charge is 2.28. The second kappa shape index (κ2) is 7.55. The molecule has 4 rings (SSSR count). The van der Waals surface area contributed by atoms with E-state index in [0.29, 0.717) is 42.6 Å². The van der Waals surface area contributed by atoms with Crippen LogP contribution in [0.15, 0.2) is 24.3 Å². The quantitative estimate of drug-likeness (QED) is 0.808. The zero-order valence-corrected chi connectivity index (χ0v) is 16.2. The normalized spacial score (nSPS) is 18.7. The Morgan fingerprint density at radius 1 is 0.962 bits per heavy atom. The van der Waals surface area contributed by atoms with Gasteiger partial charge in [-0.1, -0.05) is 29.8 Å². The van der Waals surface area contributed by atoms with E-state index < -0.39 is 0 Å². The first-order valence-electron chi connectivity index (χ1n) is 9.10. The van der Waals surface area contributed by atoms with E-state index >= 15 is 0 Å². The van der Waals surface area contributed by atoms with E-state index in [1.165, 1.54) is 24.2 Å². The Hall–Kier alpha value is -1.63. The highest BCUT2D eigenvalue weighted by atomic mass is 35.5. The zero-order chi connectivity index (χ0) is 18.1. The van der Waals surface area contributed by atoms with E-state index in [0.717, 1.165) is 23.2 Å². The molecule has 5 nitrogen and oxygen atoms in total. The first kappa shape index (κ1) is 17.8. The van der Waals surface area contributed by atoms with Gasteiger partial charge in [-0.15, -0.1) is 11.3 Å². The number of benzene rings is 1. The summed E-state index contributed by atoms with van der Waals surface area (Å²) >= 11 is 7.88. The van der Waals surface area contributed by atoms with Crippen molar-refractivity contribution in [1.29, 1.82) is 0 Å². The Kier molecular flexibility index (Phi) is 5.16. The molecule has 138 valence electrons. The zero-order valence-electron chi connectivity index (χ0n) is 14.6. The van der Waals surface area contributed by atoms with Crippen LogP contribution in [0.3, 0.4) is 0 Å². The molecule has 0 N–H and O–H groups in total. The molecule has 3 heterocycles. The minimum Gasteiger partial charge on any atom is -0.338 e. The molecule has 0 radical (unpaired) electrons. The van der Waals surface area contributed by atoms with Crippen LogP contribution in [-0.2, 0) is 4.79 Å². The molecular formula is C19H22ClN3O2S. The standard InChI is InChI=1S/C19H22ClN3O2S/c20-17-14-5-1-2-6-15(14)26-18(17)19(25)23-11-9-22(10-12-23)16(24)13-21-7-3-4-8-21/h1-2,5-6H,3-4,7-13H2. The average molecular weight is 392 g/mol. The number of rotatable bonds is 3. The van der Waals surface area contributed by atoms with Crippen LogP contribution in [0.5, 0.6) is 0 Å². The Morgan fingerprint density at radius 3 is 2.31 bits per heavy atom. The number of likely N-dealkylation sites (tertiary alicyclic amines) is 1. The number of thiophene rings is 1. The number of carbonyl (C=O) groups excluding carboxylic acids is 2. The van der Waals surface area contributed by atoms with Crippen molar-refractivity contribution < 1.29 is 9.59 Å². The molecule has 7 heteroatoms. The molecule has 0 spiro atoms. The average Bonchev–Trinajstić information content (AvgIpc) is 3.29. The molecule has 2 aromatic rings. The molecule has 1 aromatic heterocycles. The van der Waals surface area contributed by atoms with Gasteiger partial charge < -0.3 is 9.80 Å². The largest absolute Gasteiger partial charge is 0.338 e. The van der Waals surface area contributed by atoms with Gasteiger partial charge in [0.1, 0.15) is 4.88 Å². The molecule has 2 amide bonds. The van der Waals surface area contributed by atoms with Crippen molar-refractivity contribution in [1.82, 2.24) is 14.7 Å². The van der Waals surface area contributed by atoms with Crippen molar-refractivity contribution in [2.75, 3.05) is 45.8 Å². The van der Waals surface area contributed by atoms with E-state index in [-0.39, 0.29) is 11.8 Å². The van der Waals surface area contributed by atoms with Gasteiger partial charge in [-0.25, -0.2) is 0 Å². The van der Waals surface area contributed by atoms with E-state index in [2.05, 4.69) is 4.90 Å². The van der Waals surface area contributed by atoms with E-state index in [1.807, 2.05) is 34.1 Å². The van der Waals surface area contributed by atoms with Crippen LogP contribution < -0.4 is 0 Å². The van der Waals surface area contributed by atoms with Crippen molar-refractivity contribution in [3.05, 3.63) is 34.2 Å². The molecule has 0 unspecified atom stereocenters. The van der Waals surface area contributed by atoms with Crippen LogP contribution in [0.4, 0.5) is 0 Å². The molecule has 2 aliphatic heterocycles. The number of hydrogen-bond donors (Lipinski definition) is 0. The first-order chi connectivity index (χ1) is 12.6. The number of nitrogens with zero attached hydrogens (tertiary/aromatic N) is 3. The first-order valence-corrected chi connectivity index (χ1v) is 10.3. The third-order valence-corrected chi connectivity index (χ3v) is 6.87. The smallest absolute Gasteiger partial charge is 0.265 e. The van der Waals surface area contributed by atoms with Crippen LogP contribution in [0, 0.1) is 0 Å². The van der Waals surface area contributed by atoms with Gasteiger partial charge in [0.2, 0.25) is 5.91 Å². The molecule has 2 saturated heterocycles. The van der Waals surface area contributed by atoms with Gasteiger partial charge >= 0.3 is 0 Å².